The van der Waals surface area contributed by atoms with E-state index >= 15 is 0 Å². The number of ether oxygens (including phenoxy) is 3. The maximum absolute atomic E-state index is 14.1. The largest absolute Gasteiger partial charge is 0.493 e. The lowest BCUT2D eigenvalue weighted by molar-refractivity contribution is -0.134. The number of piperazine rings is 1. The summed E-state index contributed by atoms with van der Waals surface area (Å²) >= 11 is 0. The van der Waals surface area contributed by atoms with Gasteiger partial charge in [-0.25, -0.2) is 0 Å². The monoisotopic (exact) mass is 671 g/mol. The number of benzene rings is 1. The number of aromatic nitrogens is 1. The number of methoxy groups -OCH3 is 3. The Morgan fingerprint density at radius 3 is 2.33 bits per heavy atom. The Bertz CT molecular complexity index is 1690. The summed E-state index contributed by atoms with van der Waals surface area (Å²) in [7, 11) is 4.71. The minimum absolute atomic E-state index is 0.00410. The van der Waals surface area contributed by atoms with Crippen molar-refractivity contribution in [3.63, 3.8) is 0 Å². The van der Waals surface area contributed by atoms with Crippen molar-refractivity contribution >= 4 is 17.5 Å². The van der Waals surface area contributed by atoms with Crippen molar-refractivity contribution in [2.24, 2.45) is 5.92 Å². The molecule has 1 aliphatic carbocycles. The standard InChI is InChI=1S/C38H49N5O6/c1-7-24(2)35(38(46)43-20-18-42(19-21-43)17-14-26-12-15-39-16-13-26)41-31-11-9-28-29(23-32(31)45)30(40-25(3)44)10-8-27-22-33(47-4)36(48-5)37(49-6)34(27)28/h9,11-13,15-16,22-24,30,35H,7-8,10,14,17-21H2,1-6H3,(H,40,44)(H,41,45)/t24-,30+,35+/m1/s1. The van der Waals surface area contributed by atoms with Crippen LogP contribution in [0.2, 0.25) is 0 Å². The van der Waals surface area contributed by atoms with E-state index in [0.29, 0.717) is 54.4 Å². The summed E-state index contributed by atoms with van der Waals surface area (Å²) in [5.41, 5.74) is 4.45. The summed E-state index contributed by atoms with van der Waals surface area (Å²) in [6.07, 6.45) is 6.50. The molecule has 2 N–H and O–H groups in total. The predicted molar refractivity (Wildman–Crippen MR) is 191 cm³/mol. The molecule has 0 saturated carbocycles. The lowest BCUT2D eigenvalue weighted by Crippen LogP contribution is -2.54. The smallest absolute Gasteiger partial charge is 0.245 e. The van der Waals surface area contributed by atoms with Gasteiger partial charge in [-0.2, -0.15) is 0 Å². The van der Waals surface area contributed by atoms with E-state index in [0.717, 1.165) is 49.2 Å². The van der Waals surface area contributed by atoms with Gasteiger partial charge in [-0.15, -0.1) is 0 Å². The maximum atomic E-state index is 14.1. The number of fused-ring (bicyclic) bond motifs is 3. The molecule has 2 aromatic carbocycles. The highest BCUT2D eigenvalue weighted by Crippen LogP contribution is 2.50. The third-order valence-electron chi connectivity index (χ3n) is 9.86. The first-order valence-electron chi connectivity index (χ1n) is 17.1. The van der Waals surface area contributed by atoms with Crippen molar-refractivity contribution in [1.29, 1.82) is 0 Å². The zero-order valence-electron chi connectivity index (χ0n) is 29.5. The molecule has 3 aromatic rings. The van der Waals surface area contributed by atoms with Crippen molar-refractivity contribution in [2.45, 2.75) is 58.5 Å². The highest BCUT2D eigenvalue weighted by Gasteiger charge is 2.33. The van der Waals surface area contributed by atoms with E-state index in [-0.39, 0.29) is 23.2 Å². The first kappa shape index (κ1) is 35.7. The molecule has 5 rings (SSSR count). The molecule has 1 aromatic heterocycles. The fraction of sp³-hybridized carbons (Fsp3) is 0.474. The highest BCUT2D eigenvalue weighted by atomic mass is 16.5. The van der Waals surface area contributed by atoms with Crippen LogP contribution in [0.1, 0.15) is 56.3 Å². The molecule has 262 valence electrons. The Labute approximate surface area is 289 Å². The molecule has 1 aliphatic heterocycles. The van der Waals surface area contributed by atoms with Crippen LogP contribution in [-0.2, 0) is 22.4 Å². The van der Waals surface area contributed by atoms with Gasteiger partial charge in [0.15, 0.2) is 11.5 Å². The van der Waals surface area contributed by atoms with E-state index < -0.39 is 12.1 Å². The van der Waals surface area contributed by atoms with E-state index in [2.05, 4.69) is 27.4 Å². The minimum atomic E-state index is -0.583. The molecule has 1 saturated heterocycles. The van der Waals surface area contributed by atoms with Gasteiger partial charge in [0, 0.05) is 57.6 Å². The molecule has 1 fully saturated rings. The van der Waals surface area contributed by atoms with Crippen LogP contribution in [0, 0.1) is 5.92 Å². The molecule has 0 bridgehead atoms. The number of amides is 2. The molecular formula is C38H49N5O6. The van der Waals surface area contributed by atoms with Gasteiger partial charge in [0.25, 0.3) is 0 Å². The number of aryl methyl sites for hydroxylation is 1. The first-order valence-corrected chi connectivity index (χ1v) is 17.1. The number of nitrogens with one attached hydrogen (secondary N) is 2. The Kier molecular flexibility index (Phi) is 11.8. The van der Waals surface area contributed by atoms with Crippen LogP contribution in [0.15, 0.2) is 53.6 Å². The Balaban J connectivity index is 1.45. The predicted octanol–water partition coefficient (Wildman–Crippen LogP) is 4.47. The molecule has 0 spiro atoms. The Morgan fingerprint density at radius 2 is 1.69 bits per heavy atom. The van der Waals surface area contributed by atoms with Crippen LogP contribution in [0.5, 0.6) is 17.2 Å². The zero-order chi connectivity index (χ0) is 35.1. The zero-order valence-corrected chi connectivity index (χ0v) is 29.5. The number of hydrogen-bond donors (Lipinski definition) is 2. The minimum Gasteiger partial charge on any atom is -0.493 e. The lowest BCUT2D eigenvalue weighted by atomic mass is 9.95. The second-order valence-corrected chi connectivity index (χ2v) is 12.9. The van der Waals surface area contributed by atoms with Gasteiger partial charge in [0.05, 0.1) is 33.1 Å². The van der Waals surface area contributed by atoms with Gasteiger partial charge in [-0.1, -0.05) is 26.3 Å². The molecule has 2 aliphatic rings. The average Bonchev–Trinajstić information content (AvgIpc) is 3.36. The van der Waals surface area contributed by atoms with E-state index in [4.69, 9.17) is 14.2 Å². The number of carbonyl (C=O) groups excluding carboxylic acids is 2. The van der Waals surface area contributed by atoms with Crippen molar-refractivity contribution in [1.82, 2.24) is 20.1 Å². The average molecular weight is 672 g/mol. The number of anilines is 1. The fourth-order valence-corrected chi connectivity index (χ4v) is 6.90. The number of pyridine rings is 1. The van der Waals surface area contributed by atoms with E-state index in [1.54, 1.807) is 33.5 Å². The molecule has 11 nitrogen and oxygen atoms in total. The number of rotatable bonds is 12. The van der Waals surface area contributed by atoms with Crippen LogP contribution < -0.4 is 30.3 Å². The van der Waals surface area contributed by atoms with Crippen LogP contribution >= 0.6 is 0 Å². The first-order chi connectivity index (χ1) is 23.7. The van der Waals surface area contributed by atoms with Gasteiger partial charge < -0.3 is 29.7 Å². The van der Waals surface area contributed by atoms with Gasteiger partial charge in [-0.05, 0) is 77.8 Å². The molecule has 0 unspecified atom stereocenters. The van der Waals surface area contributed by atoms with Crippen molar-refractivity contribution in [3.8, 4) is 28.4 Å². The molecule has 11 heteroatoms. The number of carbonyl (C=O) groups is 2. The van der Waals surface area contributed by atoms with Crippen LogP contribution in [0.4, 0.5) is 5.69 Å². The van der Waals surface area contributed by atoms with E-state index in [9.17, 15) is 14.4 Å². The van der Waals surface area contributed by atoms with Crippen LogP contribution in [-0.4, -0.2) is 86.7 Å². The number of nitrogens with zero attached hydrogens (tertiary/aromatic N) is 3. The molecule has 2 heterocycles. The van der Waals surface area contributed by atoms with Crippen molar-refractivity contribution in [3.05, 3.63) is 75.7 Å². The summed E-state index contributed by atoms with van der Waals surface area (Å²) in [4.78, 5) is 48.8. The lowest BCUT2D eigenvalue weighted by Gasteiger charge is -2.37. The second kappa shape index (κ2) is 16.2. The summed E-state index contributed by atoms with van der Waals surface area (Å²) in [5, 5.41) is 6.42. The number of hydrogen-bond acceptors (Lipinski definition) is 9. The summed E-state index contributed by atoms with van der Waals surface area (Å²) in [6.45, 7) is 9.34. The topological polar surface area (TPSA) is 122 Å². The van der Waals surface area contributed by atoms with Crippen molar-refractivity contribution in [2.75, 3.05) is 59.4 Å². The maximum Gasteiger partial charge on any atom is 0.245 e. The normalized spacial score (nSPS) is 17.1. The molecule has 3 atom stereocenters. The van der Waals surface area contributed by atoms with Crippen molar-refractivity contribution < 1.29 is 23.8 Å². The Morgan fingerprint density at radius 1 is 0.980 bits per heavy atom. The van der Waals surface area contributed by atoms with Crippen LogP contribution in [0.3, 0.4) is 0 Å². The quantitative estimate of drug-likeness (QED) is 0.287. The van der Waals surface area contributed by atoms with E-state index in [1.807, 2.05) is 48.5 Å². The SMILES string of the molecule is CC[C@@H](C)[C@H](Nc1ccc2c(cc1=O)[C@@H](NC(C)=O)CCc1cc(OC)c(OC)c(OC)c1-2)C(=O)N1CCN(CCc2ccncc2)CC1. The van der Waals surface area contributed by atoms with E-state index in [1.165, 1.54) is 12.5 Å². The molecule has 49 heavy (non-hydrogen) atoms. The molecule has 0 radical (unpaired) electrons. The second-order valence-electron chi connectivity index (χ2n) is 12.9. The van der Waals surface area contributed by atoms with Gasteiger partial charge >= 0.3 is 0 Å². The Hall–Kier alpha value is -4.64. The molecular weight excluding hydrogens is 622 g/mol. The summed E-state index contributed by atoms with van der Waals surface area (Å²) in [5.74, 6) is 1.25. The molecule has 2 amide bonds. The van der Waals surface area contributed by atoms with Gasteiger partial charge in [0.2, 0.25) is 23.0 Å². The fourth-order valence-electron chi connectivity index (χ4n) is 6.90. The summed E-state index contributed by atoms with van der Waals surface area (Å²) in [6, 6.07) is 10.2. The summed E-state index contributed by atoms with van der Waals surface area (Å²) < 4.78 is 17.3. The third kappa shape index (κ3) is 7.99. The third-order valence-corrected chi connectivity index (χ3v) is 9.86. The highest BCUT2D eigenvalue weighted by molar-refractivity contribution is 5.86. The van der Waals surface area contributed by atoms with Gasteiger partial charge in [-0.3, -0.25) is 24.3 Å². The van der Waals surface area contributed by atoms with Gasteiger partial charge in [0.1, 0.15) is 6.04 Å². The van der Waals surface area contributed by atoms with Crippen LogP contribution in [0.25, 0.3) is 11.1 Å².